The normalized spacial score (nSPS) is 22.2. The largest absolute Gasteiger partial charge is 0.507 e. The van der Waals surface area contributed by atoms with Crippen molar-refractivity contribution >= 4 is 40.0 Å². The van der Waals surface area contributed by atoms with Crippen LogP contribution in [0, 0.1) is 18.2 Å². The third-order valence-electron chi connectivity index (χ3n) is 13.4. The molecule has 4 aromatic rings. The molecule has 2 bridgehead atoms. The van der Waals surface area contributed by atoms with Gasteiger partial charge in [0, 0.05) is 85.3 Å². The lowest BCUT2D eigenvalue weighted by molar-refractivity contribution is -0.120. The summed E-state index contributed by atoms with van der Waals surface area (Å²) in [6, 6.07) is 14.4. The van der Waals surface area contributed by atoms with Gasteiger partial charge in [0.1, 0.15) is 23.8 Å². The van der Waals surface area contributed by atoms with Crippen LogP contribution in [0.5, 0.6) is 11.5 Å². The second-order valence-corrected chi connectivity index (χ2v) is 17.1. The minimum atomic E-state index is -0.403. The average molecular weight is 805 g/mol. The minimum Gasteiger partial charge on any atom is -0.507 e. The summed E-state index contributed by atoms with van der Waals surface area (Å²) >= 11 is 0. The number of nitrogens with zero attached hydrogens (tertiary/aromatic N) is 6. The van der Waals surface area contributed by atoms with Gasteiger partial charge < -0.3 is 41.4 Å². The second kappa shape index (κ2) is 15.3. The minimum absolute atomic E-state index is 0.0872. The summed E-state index contributed by atoms with van der Waals surface area (Å²) in [6.45, 7) is 6.87. The number of likely N-dealkylation sites (tertiary alicyclic amines) is 2. The van der Waals surface area contributed by atoms with Gasteiger partial charge in [-0.1, -0.05) is 12.1 Å². The van der Waals surface area contributed by atoms with E-state index in [1.807, 2.05) is 24.3 Å². The molecule has 15 heteroatoms. The Hall–Kier alpha value is -5.96. The number of nitrogens with two attached hydrogens (primary N) is 3. The summed E-state index contributed by atoms with van der Waals surface area (Å²) in [4.78, 5) is 37.4. The van der Waals surface area contributed by atoms with E-state index < -0.39 is 6.03 Å². The molecule has 9 rings (SSSR count). The number of anilines is 2. The highest BCUT2D eigenvalue weighted by Crippen LogP contribution is 2.55. The highest BCUT2D eigenvalue weighted by atomic mass is 19.1. The lowest BCUT2D eigenvalue weighted by Crippen LogP contribution is -2.53. The van der Waals surface area contributed by atoms with E-state index in [-0.39, 0.29) is 47.5 Å². The van der Waals surface area contributed by atoms with Crippen LogP contribution < -0.4 is 37.1 Å². The van der Waals surface area contributed by atoms with Gasteiger partial charge in [0.2, 0.25) is 5.91 Å². The maximum atomic E-state index is 15.2. The number of carbonyl (C=O) groups is 2. The molecular formula is C44H53FN10O4. The molecule has 3 amide bonds. The van der Waals surface area contributed by atoms with Crippen molar-refractivity contribution in [2.75, 3.05) is 55.7 Å². The fraction of sp³-hybridized carbons (Fsp3) is 0.432. The number of nitrogens with one attached hydrogen (secondary N) is 1. The average Bonchev–Trinajstić information content (AvgIpc) is 3.67. The van der Waals surface area contributed by atoms with Gasteiger partial charge in [-0.25, -0.2) is 14.2 Å². The predicted molar refractivity (Wildman–Crippen MR) is 225 cm³/mol. The summed E-state index contributed by atoms with van der Waals surface area (Å²) in [6.07, 6.45) is 12.3. The van der Waals surface area contributed by atoms with E-state index in [1.54, 1.807) is 35.4 Å². The maximum Gasteiger partial charge on any atom is 0.328 e. The Balaban J connectivity index is 0.773. The summed E-state index contributed by atoms with van der Waals surface area (Å²) in [5.74, 6) is -0.0933. The van der Waals surface area contributed by atoms with E-state index in [0.29, 0.717) is 60.3 Å². The van der Waals surface area contributed by atoms with Gasteiger partial charge in [0.05, 0.1) is 17.6 Å². The zero-order valence-electron chi connectivity index (χ0n) is 33.4. The lowest BCUT2D eigenvalue weighted by Gasteiger charge is -2.52. The molecule has 5 aliphatic rings. The van der Waals surface area contributed by atoms with Crippen LogP contribution in [0.2, 0.25) is 0 Å². The summed E-state index contributed by atoms with van der Waals surface area (Å²) in [5, 5.41) is 13.7. The van der Waals surface area contributed by atoms with Gasteiger partial charge in [0.15, 0.2) is 11.6 Å². The third kappa shape index (κ3) is 7.36. The monoisotopic (exact) mass is 804 g/mol. The number of ether oxygens (including phenoxy) is 1. The molecule has 4 aliphatic heterocycles. The molecule has 1 aliphatic carbocycles. The number of hydrogen-bond donors (Lipinski definition) is 5. The lowest BCUT2D eigenvalue weighted by atomic mass is 9.60. The van der Waals surface area contributed by atoms with Gasteiger partial charge in [-0.15, -0.1) is 0 Å². The number of phenols is 1. The molecule has 0 radical (unpaired) electrons. The number of rotatable bonds is 10. The maximum absolute atomic E-state index is 15.2. The number of halogens is 1. The number of urea groups is 1. The Morgan fingerprint density at radius 1 is 1.00 bits per heavy atom. The van der Waals surface area contributed by atoms with Crippen molar-refractivity contribution < 1.29 is 23.8 Å². The number of carbonyl (C=O) groups excluding carboxylic acids is 2. The molecule has 4 saturated heterocycles. The van der Waals surface area contributed by atoms with Crippen LogP contribution in [-0.2, 0) is 4.79 Å². The molecular weight excluding hydrogens is 752 g/mol. The molecule has 59 heavy (non-hydrogen) atoms. The van der Waals surface area contributed by atoms with Crippen molar-refractivity contribution in [1.82, 2.24) is 24.7 Å². The van der Waals surface area contributed by atoms with Crippen LogP contribution in [0.1, 0.15) is 62.1 Å². The highest BCUT2D eigenvalue weighted by Gasteiger charge is 2.47. The van der Waals surface area contributed by atoms with Crippen LogP contribution in [-0.4, -0.2) is 94.4 Å². The molecule has 8 N–H and O–H groups in total. The van der Waals surface area contributed by atoms with E-state index >= 15 is 4.39 Å². The van der Waals surface area contributed by atoms with Crippen molar-refractivity contribution in [3.8, 4) is 11.5 Å². The van der Waals surface area contributed by atoms with Gasteiger partial charge in [-0.05, 0) is 106 Å². The highest BCUT2D eigenvalue weighted by molar-refractivity contribution is 6.06. The van der Waals surface area contributed by atoms with Gasteiger partial charge in [-0.3, -0.25) is 19.9 Å². The van der Waals surface area contributed by atoms with Crippen LogP contribution in [0.15, 0.2) is 78.5 Å². The second-order valence-electron chi connectivity index (χ2n) is 17.1. The molecule has 1 saturated carbocycles. The quantitative estimate of drug-likeness (QED) is 0.138. The number of aromatic hydroxyl groups is 1. The van der Waals surface area contributed by atoms with Crippen molar-refractivity contribution in [2.24, 2.45) is 22.6 Å². The van der Waals surface area contributed by atoms with Crippen LogP contribution in [0.4, 0.5) is 20.6 Å². The van der Waals surface area contributed by atoms with Gasteiger partial charge in [-0.2, -0.15) is 0 Å². The van der Waals surface area contributed by atoms with E-state index in [9.17, 15) is 14.7 Å². The SMILES string of the molecule is Cc1cn(C2CC3(CCN(CCOc4cc(N5C6CCC5CN(C(/C=C(\N)c5ccccc5O)=C(N)N)C6)ccc4F)CC3)C2)c2ncc(N3CCC(=O)NC3=O)cc12. The number of para-hydroxylation sites is 1. The van der Waals surface area contributed by atoms with Crippen molar-refractivity contribution in [2.45, 2.75) is 70.0 Å². The summed E-state index contributed by atoms with van der Waals surface area (Å²) in [7, 11) is 0. The first-order valence-electron chi connectivity index (χ1n) is 20.7. The first-order chi connectivity index (χ1) is 28.4. The number of amides is 3. The summed E-state index contributed by atoms with van der Waals surface area (Å²) in [5.41, 5.74) is 24.3. The van der Waals surface area contributed by atoms with Crippen molar-refractivity contribution in [3.05, 3.63) is 95.5 Å². The first-order valence-corrected chi connectivity index (χ1v) is 20.7. The van der Waals surface area contributed by atoms with E-state index in [2.05, 4.69) is 37.7 Å². The number of piperidine rings is 1. The number of imide groups is 1. The standard InChI is InChI=1S/C44H53FN10O4/c1-27-24-54(42-34(27)18-31(23-49-42)53-13-10-40(57)50-43(53)58)32-21-44(22-32)11-14-51(15-12-44)16-17-59-39-19-28(8-9-35(39)45)55-29-6-7-30(55)26-52(25-29)37(41(47)48)20-36(46)33-4-2-3-5-38(33)56/h2-5,8-9,18-20,23-24,29-30,32,56H,6-7,10-17,21-22,25-26,46-48H2,1H3,(H,50,57,58)/b36-20-. The van der Waals surface area contributed by atoms with E-state index in [1.165, 1.54) is 6.07 Å². The first kappa shape index (κ1) is 38.6. The fourth-order valence-corrected chi connectivity index (χ4v) is 10.2. The molecule has 2 unspecified atom stereocenters. The molecule has 2 atom stereocenters. The van der Waals surface area contributed by atoms with E-state index in [0.717, 1.165) is 80.4 Å². The molecule has 310 valence electrons. The molecule has 6 heterocycles. The zero-order valence-corrected chi connectivity index (χ0v) is 33.4. The number of aryl methyl sites for hydroxylation is 1. The molecule has 2 aromatic carbocycles. The van der Waals surface area contributed by atoms with Crippen LogP contribution >= 0.6 is 0 Å². The predicted octanol–water partition coefficient (Wildman–Crippen LogP) is 4.87. The third-order valence-corrected chi connectivity index (χ3v) is 13.4. The fourth-order valence-electron chi connectivity index (χ4n) is 10.2. The Morgan fingerprint density at radius 2 is 1.75 bits per heavy atom. The smallest absolute Gasteiger partial charge is 0.328 e. The van der Waals surface area contributed by atoms with Crippen molar-refractivity contribution in [1.29, 1.82) is 0 Å². The topological polar surface area (TPSA) is 184 Å². The Morgan fingerprint density at radius 3 is 2.46 bits per heavy atom. The molecule has 14 nitrogen and oxygen atoms in total. The van der Waals surface area contributed by atoms with Gasteiger partial charge >= 0.3 is 6.03 Å². The number of pyridine rings is 1. The number of hydrogen-bond acceptors (Lipinski definition) is 11. The zero-order chi connectivity index (χ0) is 41.0. The number of phenolic OH excluding ortho intramolecular Hbond substituents is 1. The Bertz CT molecular complexity index is 2330. The van der Waals surface area contributed by atoms with E-state index in [4.69, 9.17) is 26.9 Å². The van der Waals surface area contributed by atoms with Crippen LogP contribution in [0.3, 0.4) is 0 Å². The van der Waals surface area contributed by atoms with Gasteiger partial charge in [0.25, 0.3) is 0 Å². The molecule has 5 fully saturated rings. The Kier molecular flexibility index (Phi) is 10.0. The van der Waals surface area contributed by atoms with Crippen molar-refractivity contribution in [3.63, 3.8) is 0 Å². The number of allylic oxidation sites excluding steroid dienone is 1. The molecule has 2 aromatic heterocycles. The number of aromatic nitrogens is 2. The summed E-state index contributed by atoms with van der Waals surface area (Å²) < 4.78 is 23.6. The number of piperazine rings is 1. The Labute approximate surface area is 343 Å². The number of fused-ring (bicyclic) bond motifs is 3. The molecule has 1 spiro atoms. The number of benzene rings is 2. The van der Waals surface area contributed by atoms with Crippen LogP contribution in [0.25, 0.3) is 16.7 Å².